The Kier molecular flexibility index (Phi) is 1.46. The molecule has 1 aliphatic rings. The molecule has 1 aromatic rings. The highest BCUT2D eigenvalue weighted by Gasteiger charge is 2.06. The van der Waals surface area contributed by atoms with E-state index in [2.05, 4.69) is 15.8 Å². The molecule has 4 heteroatoms. The number of quaternary nitrogens is 1. The van der Waals surface area contributed by atoms with Gasteiger partial charge in [0.15, 0.2) is 0 Å². The van der Waals surface area contributed by atoms with Crippen molar-refractivity contribution in [2.24, 2.45) is 0 Å². The van der Waals surface area contributed by atoms with Crippen LogP contribution >= 0.6 is 0 Å². The van der Waals surface area contributed by atoms with Crippen molar-refractivity contribution in [1.29, 1.82) is 0 Å². The van der Waals surface area contributed by atoms with Crippen LogP contribution < -0.4 is 16.4 Å². The number of nitrogens with one attached hydrogen (secondary N) is 2. The maximum Gasteiger partial charge on any atom is 0.117 e. The van der Waals surface area contributed by atoms with Crippen LogP contribution in [0.25, 0.3) is 5.70 Å². The third-order valence-corrected chi connectivity index (χ3v) is 1.51. The number of rotatable bonds is 1. The van der Waals surface area contributed by atoms with Crippen molar-refractivity contribution in [2.75, 3.05) is 0 Å². The van der Waals surface area contributed by atoms with Gasteiger partial charge in [0.2, 0.25) is 0 Å². The molecule has 11 heavy (non-hydrogen) atoms. The monoisotopic (exact) mass is 149 g/mol. The topological polar surface area (TPSA) is 53.6 Å². The zero-order chi connectivity index (χ0) is 7.52. The second-order valence-electron chi connectivity index (χ2n) is 2.26. The summed E-state index contributed by atoms with van der Waals surface area (Å²) in [5.74, 6) is 0. The first-order valence-corrected chi connectivity index (χ1v) is 3.42. The fourth-order valence-corrected chi connectivity index (χ4v) is 0.975. The van der Waals surface area contributed by atoms with Crippen LogP contribution in [-0.4, -0.2) is 4.98 Å². The zero-order valence-corrected chi connectivity index (χ0v) is 5.91. The van der Waals surface area contributed by atoms with Gasteiger partial charge in [0.1, 0.15) is 5.70 Å². The van der Waals surface area contributed by atoms with Gasteiger partial charge in [-0.2, -0.15) is 5.53 Å². The smallest absolute Gasteiger partial charge is 0.117 e. The Morgan fingerprint density at radius 3 is 3.09 bits per heavy atom. The van der Waals surface area contributed by atoms with Gasteiger partial charge in [-0.05, 0) is 12.1 Å². The van der Waals surface area contributed by atoms with Crippen LogP contribution in [0, 0.1) is 0 Å². The van der Waals surface area contributed by atoms with Gasteiger partial charge in [0, 0.05) is 18.0 Å². The fraction of sp³-hybridized carbons (Fsp3) is 0. The van der Waals surface area contributed by atoms with Crippen LogP contribution in [0.3, 0.4) is 0 Å². The summed E-state index contributed by atoms with van der Waals surface area (Å²) in [6, 6.07) is 3.92. The van der Waals surface area contributed by atoms with Crippen LogP contribution in [0.5, 0.6) is 0 Å². The van der Waals surface area contributed by atoms with Crippen molar-refractivity contribution < 1.29 is 5.53 Å². The summed E-state index contributed by atoms with van der Waals surface area (Å²) in [4.78, 5) is 4.01. The highest BCUT2D eigenvalue weighted by molar-refractivity contribution is 5.61. The van der Waals surface area contributed by atoms with E-state index in [0.717, 1.165) is 11.3 Å². The minimum Gasteiger partial charge on any atom is -0.264 e. The highest BCUT2D eigenvalue weighted by Crippen LogP contribution is 2.06. The molecule has 0 aromatic carbocycles. The van der Waals surface area contributed by atoms with Crippen molar-refractivity contribution in [3.05, 3.63) is 36.3 Å². The van der Waals surface area contributed by atoms with Gasteiger partial charge in [0.25, 0.3) is 0 Å². The van der Waals surface area contributed by atoms with Crippen molar-refractivity contribution in [2.45, 2.75) is 0 Å². The lowest BCUT2D eigenvalue weighted by Crippen LogP contribution is -2.96. The Labute approximate surface area is 64.3 Å². The molecule has 4 N–H and O–H groups in total. The van der Waals surface area contributed by atoms with E-state index < -0.39 is 0 Å². The average molecular weight is 149 g/mol. The third kappa shape index (κ3) is 1.15. The molecule has 0 atom stereocenters. The van der Waals surface area contributed by atoms with Crippen molar-refractivity contribution >= 4 is 5.70 Å². The number of hydrogen-bond donors (Lipinski definition) is 3. The summed E-state index contributed by atoms with van der Waals surface area (Å²) in [6.45, 7) is 0. The molecular formula is C7H9N4+. The summed E-state index contributed by atoms with van der Waals surface area (Å²) in [6.07, 6.45) is 5.48. The molecule has 0 unspecified atom stereocenters. The maximum atomic E-state index is 4.01. The molecule has 0 saturated carbocycles. The van der Waals surface area contributed by atoms with Gasteiger partial charge < -0.3 is 0 Å². The Morgan fingerprint density at radius 1 is 1.45 bits per heavy atom. The number of aromatic nitrogens is 1. The number of pyridine rings is 1. The van der Waals surface area contributed by atoms with E-state index in [1.54, 1.807) is 11.7 Å². The second-order valence-corrected chi connectivity index (χ2v) is 2.26. The van der Waals surface area contributed by atoms with Gasteiger partial charge in [-0.3, -0.25) is 4.98 Å². The first-order chi connectivity index (χ1) is 5.47. The summed E-state index contributed by atoms with van der Waals surface area (Å²) >= 11 is 0. The summed E-state index contributed by atoms with van der Waals surface area (Å²) in [7, 11) is 0. The molecule has 4 nitrogen and oxygen atoms in total. The van der Waals surface area contributed by atoms with Crippen molar-refractivity contribution in [3.8, 4) is 0 Å². The lowest BCUT2D eigenvalue weighted by Gasteiger charge is -1.97. The molecule has 1 aromatic heterocycles. The van der Waals surface area contributed by atoms with E-state index in [-0.39, 0.29) is 0 Å². The van der Waals surface area contributed by atoms with E-state index in [1.165, 1.54) is 0 Å². The number of hydrogen-bond acceptors (Lipinski definition) is 3. The first-order valence-electron chi connectivity index (χ1n) is 3.42. The highest BCUT2D eigenvalue weighted by atomic mass is 15.6. The SMILES string of the molecule is C1=C(c2cccnc2)N[NH2+]N1. The van der Waals surface area contributed by atoms with Gasteiger partial charge in [-0.15, -0.1) is 0 Å². The van der Waals surface area contributed by atoms with Crippen LogP contribution in [-0.2, 0) is 0 Å². The molecule has 0 saturated heterocycles. The van der Waals surface area contributed by atoms with Gasteiger partial charge in [0.05, 0.1) is 6.20 Å². The largest absolute Gasteiger partial charge is 0.264 e. The molecule has 0 spiro atoms. The van der Waals surface area contributed by atoms with E-state index in [0.29, 0.717) is 0 Å². The van der Waals surface area contributed by atoms with E-state index >= 15 is 0 Å². The Bertz CT molecular complexity index is 267. The standard InChI is InChI=1S/C7H8N4/c1-2-6(4-8-3-1)7-5-9-11-10-7/h1-5,9-11H/p+1. The Balaban J connectivity index is 2.29. The van der Waals surface area contributed by atoms with Crippen molar-refractivity contribution in [1.82, 2.24) is 15.8 Å². The first kappa shape index (κ1) is 6.18. The molecule has 0 bridgehead atoms. The molecule has 0 amide bonds. The molecule has 2 rings (SSSR count). The van der Waals surface area contributed by atoms with E-state index in [4.69, 9.17) is 0 Å². The van der Waals surface area contributed by atoms with Gasteiger partial charge in [-0.1, -0.05) is 0 Å². The third-order valence-electron chi connectivity index (χ3n) is 1.51. The number of nitrogens with two attached hydrogens (primary N) is 1. The predicted molar refractivity (Wildman–Crippen MR) is 40.4 cm³/mol. The minimum atomic E-state index is 1.05. The second kappa shape index (κ2) is 2.59. The lowest BCUT2D eigenvalue weighted by molar-refractivity contribution is -0.736. The predicted octanol–water partition coefficient (Wildman–Crippen LogP) is -1.03. The Hall–Kier alpha value is -1.55. The molecule has 0 aliphatic carbocycles. The number of nitrogens with zero attached hydrogens (tertiary/aromatic N) is 1. The van der Waals surface area contributed by atoms with Crippen LogP contribution in [0.1, 0.15) is 5.56 Å². The van der Waals surface area contributed by atoms with Crippen LogP contribution in [0.15, 0.2) is 30.7 Å². The molecule has 56 valence electrons. The van der Waals surface area contributed by atoms with Gasteiger partial charge in [-0.25, -0.2) is 10.9 Å². The summed E-state index contributed by atoms with van der Waals surface area (Å²) in [5.41, 5.74) is 9.93. The van der Waals surface area contributed by atoms with Gasteiger partial charge >= 0.3 is 0 Å². The maximum absolute atomic E-state index is 4.01. The van der Waals surface area contributed by atoms with Crippen LogP contribution in [0.4, 0.5) is 0 Å². The summed E-state index contributed by atoms with van der Waals surface area (Å²) in [5, 5.41) is 0. The van der Waals surface area contributed by atoms with E-state index in [9.17, 15) is 0 Å². The molecule has 0 radical (unpaired) electrons. The molecular weight excluding hydrogens is 140 g/mol. The summed E-state index contributed by atoms with van der Waals surface area (Å²) < 4.78 is 0. The fourth-order valence-electron chi connectivity index (χ4n) is 0.975. The normalized spacial score (nSPS) is 15.1. The van der Waals surface area contributed by atoms with Crippen molar-refractivity contribution in [3.63, 3.8) is 0 Å². The molecule has 1 aliphatic heterocycles. The average Bonchev–Trinajstić information content (AvgIpc) is 2.58. The van der Waals surface area contributed by atoms with E-state index in [1.807, 2.05) is 24.5 Å². The zero-order valence-electron chi connectivity index (χ0n) is 5.91. The lowest BCUT2D eigenvalue weighted by atomic mass is 10.2. The minimum absolute atomic E-state index is 1.05. The molecule has 2 heterocycles. The molecule has 0 fully saturated rings. The Morgan fingerprint density at radius 2 is 2.45 bits per heavy atom. The quantitative estimate of drug-likeness (QED) is 0.447. The van der Waals surface area contributed by atoms with Crippen LogP contribution in [0.2, 0.25) is 0 Å².